The van der Waals surface area contributed by atoms with Gasteiger partial charge in [0.25, 0.3) is 0 Å². The Balaban J connectivity index is 0. The van der Waals surface area contributed by atoms with Crippen LogP contribution in [0.1, 0.15) is 27.2 Å². The van der Waals surface area contributed by atoms with E-state index in [2.05, 4.69) is 27.8 Å². The minimum atomic E-state index is 0. The molecule has 0 saturated carbocycles. The van der Waals surface area contributed by atoms with E-state index in [1.165, 1.54) is 30.5 Å². The second-order valence-electron chi connectivity index (χ2n) is 2.98. The lowest BCUT2D eigenvalue weighted by Crippen LogP contribution is -3.00. The number of hydrogen-bond donors (Lipinski definition) is 0. The van der Waals surface area contributed by atoms with Crippen LogP contribution in [0, 0.1) is 0 Å². The molecule has 0 rings (SSSR count). The highest BCUT2D eigenvalue weighted by atomic mass is 19.0. The third kappa shape index (κ3) is 3.83. The van der Waals surface area contributed by atoms with Crippen LogP contribution in [0.2, 0.25) is 0 Å². The van der Waals surface area contributed by atoms with E-state index >= 15 is 0 Å². The highest BCUT2D eigenvalue weighted by Crippen LogP contribution is 2.01. The van der Waals surface area contributed by atoms with E-state index in [0.717, 1.165) is 0 Å². The summed E-state index contributed by atoms with van der Waals surface area (Å²) in [6.07, 6.45) is 1.30. The number of nitrogens with zero attached hydrogens (tertiary/aromatic N) is 1. The average Bonchev–Trinajstić information content (AvgIpc) is 1.89. The molecule has 1 nitrogen and oxygen atoms in total. The topological polar surface area (TPSA) is 0 Å². The van der Waals surface area contributed by atoms with Crippen LogP contribution in [0.15, 0.2) is 0 Å². The van der Waals surface area contributed by atoms with E-state index in [1.54, 1.807) is 0 Å². The molecule has 64 valence electrons. The molecule has 0 aromatic carbocycles. The van der Waals surface area contributed by atoms with Crippen molar-refractivity contribution in [1.82, 2.24) is 0 Å². The van der Waals surface area contributed by atoms with Gasteiger partial charge in [0.05, 0.1) is 26.7 Å². The smallest absolute Gasteiger partial charge is 0.0781 e. The molecule has 0 aliphatic heterocycles. The summed E-state index contributed by atoms with van der Waals surface area (Å²) >= 11 is 0. The van der Waals surface area contributed by atoms with Crippen LogP contribution < -0.4 is 4.70 Å². The summed E-state index contributed by atoms with van der Waals surface area (Å²) in [6.45, 7) is 10.6. The van der Waals surface area contributed by atoms with Gasteiger partial charge < -0.3 is 9.19 Å². The van der Waals surface area contributed by atoms with Crippen molar-refractivity contribution in [2.75, 3.05) is 26.7 Å². The van der Waals surface area contributed by atoms with Gasteiger partial charge in [-0.15, -0.1) is 0 Å². The first-order valence-corrected chi connectivity index (χ1v) is 4.02. The van der Waals surface area contributed by atoms with Gasteiger partial charge in [-0.1, -0.05) is 6.92 Å². The molecule has 0 spiro atoms. The number of quaternary nitrogens is 1. The fourth-order valence-corrected chi connectivity index (χ4v) is 1.08. The predicted molar refractivity (Wildman–Crippen MR) is 42.4 cm³/mol. The molecule has 0 aromatic heterocycles. The molecule has 10 heavy (non-hydrogen) atoms. The van der Waals surface area contributed by atoms with Gasteiger partial charge in [-0.25, -0.2) is 0 Å². The van der Waals surface area contributed by atoms with Gasteiger partial charge in [0.15, 0.2) is 0 Å². The number of hydrogen-bond acceptors (Lipinski definition) is 0. The molecule has 0 aliphatic carbocycles. The minimum absolute atomic E-state index is 0. The number of halogens is 1. The quantitative estimate of drug-likeness (QED) is 0.445. The molecule has 0 N–H and O–H groups in total. The van der Waals surface area contributed by atoms with Crippen molar-refractivity contribution in [3.05, 3.63) is 0 Å². The van der Waals surface area contributed by atoms with Crippen LogP contribution in [0.3, 0.4) is 0 Å². The van der Waals surface area contributed by atoms with E-state index < -0.39 is 0 Å². The first-order valence-electron chi connectivity index (χ1n) is 4.02. The van der Waals surface area contributed by atoms with Crippen molar-refractivity contribution in [2.45, 2.75) is 27.2 Å². The fourth-order valence-electron chi connectivity index (χ4n) is 1.08. The van der Waals surface area contributed by atoms with Crippen molar-refractivity contribution in [2.24, 2.45) is 0 Å². The third-order valence-electron chi connectivity index (χ3n) is 2.29. The van der Waals surface area contributed by atoms with E-state index in [-0.39, 0.29) is 4.70 Å². The summed E-state index contributed by atoms with van der Waals surface area (Å²) in [5.41, 5.74) is 0. The Hall–Kier alpha value is -0.110. The summed E-state index contributed by atoms with van der Waals surface area (Å²) < 4.78 is 1.23. The van der Waals surface area contributed by atoms with E-state index in [1.807, 2.05) is 0 Å². The zero-order valence-corrected chi connectivity index (χ0v) is 7.65. The highest BCUT2D eigenvalue weighted by molar-refractivity contribution is 4.30. The van der Waals surface area contributed by atoms with Crippen LogP contribution >= 0.6 is 0 Å². The second-order valence-corrected chi connectivity index (χ2v) is 2.98. The standard InChI is InChI=1S/C8H20N.FH/c1-5-8-9(4,6-2)7-3;/h5-8H2,1-4H3;1H/q+1;/p-1. The van der Waals surface area contributed by atoms with Gasteiger partial charge in [-0.05, 0) is 20.3 Å². The van der Waals surface area contributed by atoms with Crippen molar-refractivity contribution in [3.63, 3.8) is 0 Å². The first kappa shape index (κ1) is 12.6. The van der Waals surface area contributed by atoms with Crippen LogP contribution in [0.25, 0.3) is 0 Å². The van der Waals surface area contributed by atoms with Gasteiger partial charge >= 0.3 is 0 Å². The average molecular weight is 149 g/mol. The molecule has 0 atom stereocenters. The third-order valence-corrected chi connectivity index (χ3v) is 2.29. The monoisotopic (exact) mass is 149 g/mol. The van der Waals surface area contributed by atoms with Crippen LogP contribution in [0.5, 0.6) is 0 Å². The Morgan fingerprint density at radius 3 is 1.50 bits per heavy atom. The first-order chi connectivity index (χ1) is 4.18. The fraction of sp³-hybridized carbons (Fsp3) is 1.00. The lowest BCUT2D eigenvalue weighted by molar-refractivity contribution is -0.906. The van der Waals surface area contributed by atoms with Crippen molar-refractivity contribution in [1.29, 1.82) is 0 Å². The maximum absolute atomic E-state index is 2.32. The largest absolute Gasteiger partial charge is 1.00 e. The highest BCUT2D eigenvalue weighted by Gasteiger charge is 2.13. The summed E-state index contributed by atoms with van der Waals surface area (Å²) in [4.78, 5) is 0. The molecule has 0 bridgehead atoms. The van der Waals surface area contributed by atoms with Crippen molar-refractivity contribution in [3.8, 4) is 0 Å². The van der Waals surface area contributed by atoms with Crippen LogP contribution in [0.4, 0.5) is 0 Å². The normalized spacial score (nSPS) is 10.8. The SMILES string of the molecule is CCC[N+](C)(CC)CC.[F-]. The Morgan fingerprint density at radius 2 is 1.40 bits per heavy atom. The van der Waals surface area contributed by atoms with Gasteiger partial charge in [-0.3, -0.25) is 0 Å². The van der Waals surface area contributed by atoms with Gasteiger partial charge in [-0.2, -0.15) is 0 Å². The molecular formula is C8H20FN. The van der Waals surface area contributed by atoms with Crippen LogP contribution in [-0.4, -0.2) is 31.2 Å². The van der Waals surface area contributed by atoms with Crippen LogP contribution in [-0.2, 0) is 0 Å². The Labute approximate surface area is 64.0 Å². The van der Waals surface area contributed by atoms with E-state index in [9.17, 15) is 0 Å². The lowest BCUT2D eigenvalue weighted by atomic mass is 10.3. The molecule has 0 aliphatic rings. The zero-order chi connectivity index (χ0) is 7.33. The molecule has 0 heterocycles. The Morgan fingerprint density at radius 1 is 1.00 bits per heavy atom. The van der Waals surface area contributed by atoms with Gasteiger partial charge in [0, 0.05) is 0 Å². The molecular weight excluding hydrogens is 129 g/mol. The Bertz CT molecular complexity index is 69.7. The maximum atomic E-state index is 2.32. The zero-order valence-electron chi connectivity index (χ0n) is 7.65. The summed E-state index contributed by atoms with van der Waals surface area (Å²) in [7, 11) is 2.32. The van der Waals surface area contributed by atoms with E-state index in [4.69, 9.17) is 0 Å². The molecule has 0 radical (unpaired) electrons. The molecule has 0 unspecified atom stereocenters. The van der Waals surface area contributed by atoms with E-state index in [0.29, 0.717) is 0 Å². The number of rotatable bonds is 4. The molecule has 0 saturated heterocycles. The summed E-state index contributed by atoms with van der Waals surface area (Å²) in [5, 5.41) is 0. The molecule has 2 heteroatoms. The minimum Gasteiger partial charge on any atom is -1.00 e. The van der Waals surface area contributed by atoms with Gasteiger partial charge in [0.2, 0.25) is 0 Å². The van der Waals surface area contributed by atoms with Gasteiger partial charge in [0.1, 0.15) is 0 Å². The molecule has 0 aromatic rings. The molecule has 0 fully saturated rings. The predicted octanol–water partition coefficient (Wildman–Crippen LogP) is -1.11. The summed E-state index contributed by atoms with van der Waals surface area (Å²) in [6, 6.07) is 0. The second kappa shape index (κ2) is 5.66. The summed E-state index contributed by atoms with van der Waals surface area (Å²) in [5.74, 6) is 0. The van der Waals surface area contributed by atoms with Crippen molar-refractivity contribution >= 4 is 0 Å². The van der Waals surface area contributed by atoms with Crippen molar-refractivity contribution < 1.29 is 9.19 Å². The maximum Gasteiger partial charge on any atom is 0.0781 e. The molecule has 0 amide bonds. The Kier molecular flexibility index (Phi) is 7.10. The lowest BCUT2D eigenvalue weighted by Gasteiger charge is -2.31.